The van der Waals surface area contributed by atoms with Crippen molar-refractivity contribution in [1.82, 2.24) is 4.90 Å². The van der Waals surface area contributed by atoms with Crippen LogP contribution in [0.15, 0.2) is 42.5 Å². The average Bonchev–Trinajstić information content (AvgIpc) is 2.99. The molecule has 2 aromatic carbocycles. The largest absolute Gasteiger partial charge is 0.372 e. The van der Waals surface area contributed by atoms with E-state index in [1.165, 1.54) is 51.7 Å². The lowest BCUT2D eigenvalue weighted by atomic mass is 9.86. The van der Waals surface area contributed by atoms with E-state index in [9.17, 15) is 0 Å². The topological polar surface area (TPSA) is 12.5 Å². The van der Waals surface area contributed by atoms with Crippen LogP contribution in [-0.2, 0) is 11.3 Å². The zero-order valence-corrected chi connectivity index (χ0v) is 15.2. The van der Waals surface area contributed by atoms with Crippen molar-refractivity contribution in [2.75, 3.05) is 19.6 Å². The maximum Gasteiger partial charge on any atom is 0.0735 e. The van der Waals surface area contributed by atoms with E-state index in [-0.39, 0.29) is 12.4 Å². The first-order valence-corrected chi connectivity index (χ1v) is 9.42. The van der Waals surface area contributed by atoms with Gasteiger partial charge in [0.15, 0.2) is 0 Å². The van der Waals surface area contributed by atoms with E-state index >= 15 is 0 Å². The Balaban J connectivity index is 0.00000146. The van der Waals surface area contributed by atoms with E-state index < -0.39 is 0 Å². The highest BCUT2D eigenvalue weighted by Gasteiger charge is 2.34. The Labute approximate surface area is 152 Å². The van der Waals surface area contributed by atoms with E-state index in [4.69, 9.17) is 4.74 Å². The van der Waals surface area contributed by atoms with Gasteiger partial charge < -0.3 is 9.64 Å². The van der Waals surface area contributed by atoms with Gasteiger partial charge in [0.05, 0.1) is 12.7 Å². The normalized spacial score (nSPS) is 25.9. The van der Waals surface area contributed by atoms with E-state index in [2.05, 4.69) is 47.4 Å². The fraction of sp³-hybridized carbons (Fsp3) is 0.400. The lowest BCUT2D eigenvalue weighted by Gasteiger charge is -2.44. The fourth-order valence-electron chi connectivity index (χ4n) is 4.17. The minimum atomic E-state index is 0. The van der Waals surface area contributed by atoms with Crippen molar-refractivity contribution in [1.29, 1.82) is 0 Å². The summed E-state index contributed by atoms with van der Waals surface area (Å²) < 4.78 is 9.05. The van der Waals surface area contributed by atoms with Crippen molar-refractivity contribution in [3.8, 4) is 0 Å². The SMILES string of the molecule is Cl.c1ccc2c(c1)sc1ccc(COC3CN4CCC3CC4)cc12. The highest BCUT2D eigenvalue weighted by molar-refractivity contribution is 7.25. The van der Waals surface area contributed by atoms with Gasteiger partial charge in [-0.25, -0.2) is 0 Å². The molecule has 3 saturated heterocycles. The van der Waals surface area contributed by atoms with Crippen LogP contribution >= 0.6 is 23.7 Å². The van der Waals surface area contributed by atoms with Crippen LogP contribution in [0.1, 0.15) is 18.4 Å². The molecule has 0 saturated carbocycles. The number of hydrogen-bond donors (Lipinski definition) is 0. The predicted octanol–water partition coefficient (Wildman–Crippen LogP) is 5.09. The third-order valence-corrected chi connectivity index (χ3v) is 6.65. The molecule has 1 atom stereocenters. The molecule has 3 aliphatic rings. The summed E-state index contributed by atoms with van der Waals surface area (Å²) in [6.45, 7) is 4.43. The van der Waals surface area contributed by atoms with Gasteiger partial charge in [-0.3, -0.25) is 0 Å². The summed E-state index contributed by atoms with van der Waals surface area (Å²) in [5.41, 5.74) is 1.30. The second-order valence-electron chi connectivity index (χ2n) is 6.92. The van der Waals surface area contributed by atoms with Crippen LogP contribution in [-0.4, -0.2) is 30.6 Å². The molecule has 4 heterocycles. The number of thiophene rings is 1. The Kier molecular flexibility index (Phi) is 4.52. The molecule has 2 nitrogen and oxygen atoms in total. The number of halogens is 1. The first kappa shape index (κ1) is 16.3. The number of ether oxygens (including phenoxy) is 1. The molecule has 1 unspecified atom stereocenters. The summed E-state index contributed by atoms with van der Waals surface area (Å²) >= 11 is 1.88. The zero-order valence-electron chi connectivity index (χ0n) is 13.6. The summed E-state index contributed by atoms with van der Waals surface area (Å²) in [6, 6.07) is 15.5. The molecule has 0 aliphatic carbocycles. The predicted molar refractivity (Wildman–Crippen MR) is 104 cm³/mol. The van der Waals surface area contributed by atoms with Gasteiger partial charge in [-0.15, -0.1) is 23.7 Å². The average molecular weight is 360 g/mol. The van der Waals surface area contributed by atoms with Gasteiger partial charge >= 0.3 is 0 Å². The lowest BCUT2D eigenvalue weighted by molar-refractivity contribution is -0.0765. The summed E-state index contributed by atoms with van der Waals surface area (Å²) in [4.78, 5) is 2.56. The van der Waals surface area contributed by atoms with Gasteiger partial charge in [-0.2, -0.15) is 0 Å². The maximum atomic E-state index is 6.30. The monoisotopic (exact) mass is 359 g/mol. The van der Waals surface area contributed by atoms with Gasteiger partial charge in [0, 0.05) is 26.7 Å². The van der Waals surface area contributed by atoms with Gasteiger partial charge in [-0.05, 0) is 55.6 Å². The molecular weight excluding hydrogens is 338 g/mol. The third-order valence-electron chi connectivity index (χ3n) is 5.50. The Morgan fingerprint density at radius 3 is 2.58 bits per heavy atom. The van der Waals surface area contributed by atoms with Crippen LogP contribution in [0.4, 0.5) is 0 Å². The summed E-state index contributed by atoms with van der Waals surface area (Å²) in [6.07, 6.45) is 3.07. The number of piperidine rings is 3. The number of hydrogen-bond acceptors (Lipinski definition) is 3. The molecule has 0 spiro atoms. The van der Waals surface area contributed by atoms with Crippen molar-refractivity contribution in [3.05, 3.63) is 48.0 Å². The van der Waals surface area contributed by atoms with Crippen molar-refractivity contribution >= 4 is 43.9 Å². The van der Waals surface area contributed by atoms with E-state index in [0.29, 0.717) is 6.10 Å². The van der Waals surface area contributed by atoms with Gasteiger partial charge in [0.2, 0.25) is 0 Å². The molecule has 1 aromatic heterocycles. The third kappa shape index (κ3) is 2.84. The number of rotatable bonds is 3. The van der Waals surface area contributed by atoms with E-state index in [0.717, 1.165) is 19.1 Å². The Morgan fingerprint density at radius 2 is 1.79 bits per heavy atom. The van der Waals surface area contributed by atoms with Crippen molar-refractivity contribution in [2.45, 2.75) is 25.6 Å². The first-order valence-electron chi connectivity index (χ1n) is 8.61. The molecule has 0 amide bonds. The number of nitrogens with zero attached hydrogens (tertiary/aromatic N) is 1. The highest BCUT2D eigenvalue weighted by Crippen LogP contribution is 2.35. The van der Waals surface area contributed by atoms with Gasteiger partial charge in [0.1, 0.15) is 0 Å². The summed E-state index contributed by atoms with van der Waals surface area (Å²) in [5.74, 6) is 0.783. The van der Waals surface area contributed by atoms with Crippen LogP contribution in [0.2, 0.25) is 0 Å². The highest BCUT2D eigenvalue weighted by atomic mass is 35.5. The molecule has 3 fully saturated rings. The second-order valence-corrected chi connectivity index (χ2v) is 8.00. The molecule has 2 bridgehead atoms. The molecule has 6 rings (SSSR count). The van der Waals surface area contributed by atoms with Crippen molar-refractivity contribution < 1.29 is 4.74 Å². The van der Waals surface area contributed by atoms with Crippen LogP contribution in [0.25, 0.3) is 20.2 Å². The van der Waals surface area contributed by atoms with Crippen molar-refractivity contribution in [2.24, 2.45) is 5.92 Å². The molecular formula is C20H22ClNOS. The van der Waals surface area contributed by atoms with E-state index in [1.807, 2.05) is 11.3 Å². The van der Waals surface area contributed by atoms with Crippen molar-refractivity contribution in [3.63, 3.8) is 0 Å². The van der Waals surface area contributed by atoms with Crippen LogP contribution in [0, 0.1) is 5.92 Å². The lowest BCUT2D eigenvalue weighted by Crippen LogP contribution is -2.51. The van der Waals surface area contributed by atoms with Gasteiger partial charge in [0.25, 0.3) is 0 Å². The minimum absolute atomic E-state index is 0. The van der Waals surface area contributed by atoms with E-state index in [1.54, 1.807) is 0 Å². The van der Waals surface area contributed by atoms with Gasteiger partial charge in [-0.1, -0.05) is 24.3 Å². The summed E-state index contributed by atoms with van der Waals surface area (Å²) in [5, 5.41) is 2.75. The first-order chi connectivity index (χ1) is 11.4. The minimum Gasteiger partial charge on any atom is -0.372 e. The molecule has 3 aliphatic heterocycles. The number of fused-ring (bicyclic) bond motifs is 6. The zero-order chi connectivity index (χ0) is 15.2. The molecule has 24 heavy (non-hydrogen) atoms. The smallest absolute Gasteiger partial charge is 0.0735 e. The molecule has 0 radical (unpaired) electrons. The van der Waals surface area contributed by atoms with Crippen LogP contribution in [0.5, 0.6) is 0 Å². The Bertz CT molecular complexity index is 853. The number of benzene rings is 2. The molecule has 0 N–H and O–H groups in total. The fourth-order valence-corrected chi connectivity index (χ4v) is 5.25. The molecule has 126 valence electrons. The summed E-state index contributed by atoms with van der Waals surface area (Å²) in [7, 11) is 0. The standard InChI is InChI=1S/C20H21NOS.ClH/c1-2-4-19-16(3-1)17-11-14(5-6-20(17)23-19)13-22-18-12-21-9-7-15(18)8-10-21;/h1-6,11,15,18H,7-10,12-13H2;1H. The van der Waals surface area contributed by atoms with Crippen LogP contribution < -0.4 is 0 Å². The molecule has 4 heteroatoms. The van der Waals surface area contributed by atoms with Crippen LogP contribution in [0.3, 0.4) is 0 Å². The molecule has 3 aromatic rings. The Morgan fingerprint density at radius 1 is 1.00 bits per heavy atom. The maximum absolute atomic E-state index is 6.30. The second kappa shape index (κ2) is 6.64. The Hall–Kier alpha value is -1.13. The quantitative estimate of drug-likeness (QED) is 0.646.